The Bertz CT molecular complexity index is 50.9. The van der Waals surface area contributed by atoms with Gasteiger partial charge in [-0.3, -0.25) is 4.84 Å². The standard InChI is InChI=1S/C7H17NO/c1-4-6-7(5-2)9-8-3/h7-8H,4-6H2,1-3H3. The predicted octanol–water partition coefficient (Wildman–Crippen LogP) is 1.72. The van der Waals surface area contributed by atoms with Crippen LogP contribution in [0.3, 0.4) is 0 Å². The van der Waals surface area contributed by atoms with E-state index in [9.17, 15) is 0 Å². The maximum Gasteiger partial charge on any atom is 0.0787 e. The molecule has 0 rings (SSSR count). The van der Waals surface area contributed by atoms with Gasteiger partial charge in [0.1, 0.15) is 0 Å². The largest absolute Gasteiger partial charge is 0.299 e. The number of nitrogens with one attached hydrogen (secondary N) is 1. The van der Waals surface area contributed by atoms with Crippen molar-refractivity contribution in [1.29, 1.82) is 0 Å². The Morgan fingerprint density at radius 2 is 2.11 bits per heavy atom. The van der Waals surface area contributed by atoms with Crippen LogP contribution in [0.25, 0.3) is 0 Å². The van der Waals surface area contributed by atoms with Crippen LogP contribution in [0.4, 0.5) is 0 Å². The summed E-state index contributed by atoms with van der Waals surface area (Å²) in [5, 5.41) is 0. The van der Waals surface area contributed by atoms with Crippen LogP contribution < -0.4 is 5.48 Å². The molecule has 1 atom stereocenters. The highest BCUT2D eigenvalue weighted by molar-refractivity contribution is 4.51. The first-order valence-corrected chi connectivity index (χ1v) is 3.67. The summed E-state index contributed by atoms with van der Waals surface area (Å²) in [6.07, 6.45) is 3.84. The predicted molar refractivity (Wildman–Crippen MR) is 39.1 cm³/mol. The summed E-state index contributed by atoms with van der Waals surface area (Å²) in [5.74, 6) is 0. The second-order valence-corrected chi connectivity index (χ2v) is 2.14. The third-order valence-corrected chi connectivity index (χ3v) is 1.35. The molecule has 0 amide bonds. The number of hydrogen-bond acceptors (Lipinski definition) is 2. The Morgan fingerprint density at radius 1 is 1.44 bits per heavy atom. The Labute approximate surface area is 57.5 Å². The summed E-state index contributed by atoms with van der Waals surface area (Å²) in [7, 11) is 1.80. The molecule has 0 aliphatic carbocycles. The van der Waals surface area contributed by atoms with E-state index >= 15 is 0 Å². The van der Waals surface area contributed by atoms with E-state index in [1.807, 2.05) is 0 Å². The zero-order valence-electron chi connectivity index (χ0n) is 6.61. The summed E-state index contributed by atoms with van der Waals surface area (Å²) in [5.41, 5.74) is 2.70. The quantitative estimate of drug-likeness (QED) is 0.573. The van der Waals surface area contributed by atoms with Crippen LogP contribution in [0, 0.1) is 0 Å². The molecule has 0 spiro atoms. The van der Waals surface area contributed by atoms with E-state index in [-0.39, 0.29) is 0 Å². The van der Waals surface area contributed by atoms with Gasteiger partial charge in [0.15, 0.2) is 0 Å². The molecule has 56 valence electrons. The van der Waals surface area contributed by atoms with Crippen LogP contribution >= 0.6 is 0 Å². The van der Waals surface area contributed by atoms with Crippen molar-refractivity contribution < 1.29 is 4.84 Å². The summed E-state index contributed by atoms with van der Waals surface area (Å²) < 4.78 is 0. The second kappa shape index (κ2) is 6.05. The SMILES string of the molecule is CCCC(CC)ONC. The van der Waals surface area contributed by atoms with E-state index in [1.165, 1.54) is 6.42 Å². The molecule has 0 aromatic heterocycles. The summed E-state index contributed by atoms with van der Waals surface area (Å²) in [6, 6.07) is 0. The number of hydrogen-bond donors (Lipinski definition) is 1. The van der Waals surface area contributed by atoms with Gasteiger partial charge in [0.05, 0.1) is 6.10 Å². The highest BCUT2D eigenvalue weighted by Crippen LogP contribution is 2.03. The molecule has 0 bridgehead atoms. The maximum atomic E-state index is 5.18. The van der Waals surface area contributed by atoms with E-state index in [4.69, 9.17) is 4.84 Å². The first-order chi connectivity index (χ1) is 4.35. The van der Waals surface area contributed by atoms with Crippen molar-refractivity contribution in [3.05, 3.63) is 0 Å². The van der Waals surface area contributed by atoms with Crippen molar-refractivity contribution in [2.75, 3.05) is 7.05 Å². The Hall–Kier alpha value is -0.0800. The van der Waals surface area contributed by atoms with E-state index < -0.39 is 0 Å². The summed E-state index contributed by atoms with van der Waals surface area (Å²) in [4.78, 5) is 5.18. The highest BCUT2D eigenvalue weighted by Gasteiger charge is 2.02. The molecule has 0 saturated carbocycles. The highest BCUT2D eigenvalue weighted by atomic mass is 16.7. The molecular formula is C7H17NO. The van der Waals surface area contributed by atoms with Gasteiger partial charge in [-0.25, -0.2) is 5.48 Å². The van der Waals surface area contributed by atoms with Gasteiger partial charge in [-0.1, -0.05) is 20.3 Å². The van der Waals surface area contributed by atoms with E-state index in [0.717, 1.165) is 12.8 Å². The number of hydroxylamine groups is 1. The van der Waals surface area contributed by atoms with Crippen molar-refractivity contribution in [3.63, 3.8) is 0 Å². The monoisotopic (exact) mass is 131 g/mol. The van der Waals surface area contributed by atoms with Gasteiger partial charge >= 0.3 is 0 Å². The molecular weight excluding hydrogens is 114 g/mol. The zero-order chi connectivity index (χ0) is 7.11. The lowest BCUT2D eigenvalue weighted by Crippen LogP contribution is -2.19. The smallest absolute Gasteiger partial charge is 0.0787 e. The first kappa shape index (κ1) is 8.92. The van der Waals surface area contributed by atoms with Gasteiger partial charge in [0.2, 0.25) is 0 Å². The summed E-state index contributed by atoms with van der Waals surface area (Å²) >= 11 is 0. The molecule has 0 heterocycles. The molecule has 0 aromatic carbocycles. The van der Waals surface area contributed by atoms with E-state index in [2.05, 4.69) is 19.3 Å². The molecule has 9 heavy (non-hydrogen) atoms. The molecule has 0 aromatic rings. The third kappa shape index (κ3) is 4.43. The lowest BCUT2D eigenvalue weighted by Gasteiger charge is -2.12. The van der Waals surface area contributed by atoms with Crippen LogP contribution in [-0.4, -0.2) is 13.2 Å². The van der Waals surface area contributed by atoms with Crippen molar-refractivity contribution >= 4 is 0 Å². The lowest BCUT2D eigenvalue weighted by atomic mass is 10.2. The van der Waals surface area contributed by atoms with Crippen LogP contribution in [-0.2, 0) is 4.84 Å². The van der Waals surface area contributed by atoms with Crippen LogP contribution in [0.15, 0.2) is 0 Å². The third-order valence-electron chi connectivity index (χ3n) is 1.35. The lowest BCUT2D eigenvalue weighted by molar-refractivity contribution is -0.0182. The minimum Gasteiger partial charge on any atom is -0.299 e. The normalized spacial score (nSPS) is 13.7. The minimum atomic E-state index is 0.403. The molecule has 0 fully saturated rings. The molecule has 2 heteroatoms. The molecule has 0 aliphatic rings. The van der Waals surface area contributed by atoms with Crippen molar-refractivity contribution in [2.45, 2.75) is 39.2 Å². The maximum absolute atomic E-state index is 5.18. The fourth-order valence-corrected chi connectivity index (χ4v) is 0.835. The average Bonchev–Trinajstić information content (AvgIpc) is 1.88. The molecule has 0 radical (unpaired) electrons. The van der Waals surface area contributed by atoms with Gasteiger partial charge < -0.3 is 0 Å². The molecule has 0 aliphatic heterocycles. The average molecular weight is 131 g/mol. The minimum absolute atomic E-state index is 0.403. The van der Waals surface area contributed by atoms with Gasteiger partial charge in [0, 0.05) is 7.05 Å². The molecule has 1 N–H and O–H groups in total. The molecule has 1 unspecified atom stereocenters. The molecule has 0 saturated heterocycles. The second-order valence-electron chi connectivity index (χ2n) is 2.14. The fourth-order valence-electron chi connectivity index (χ4n) is 0.835. The van der Waals surface area contributed by atoms with E-state index in [1.54, 1.807) is 7.05 Å². The summed E-state index contributed by atoms with van der Waals surface area (Å²) in [6.45, 7) is 4.30. The van der Waals surface area contributed by atoms with E-state index in [0.29, 0.717) is 6.10 Å². The van der Waals surface area contributed by atoms with Crippen molar-refractivity contribution in [1.82, 2.24) is 5.48 Å². The number of rotatable bonds is 5. The van der Waals surface area contributed by atoms with Crippen LogP contribution in [0.2, 0.25) is 0 Å². The Balaban J connectivity index is 3.18. The zero-order valence-corrected chi connectivity index (χ0v) is 6.61. The Morgan fingerprint density at radius 3 is 2.44 bits per heavy atom. The van der Waals surface area contributed by atoms with Gasteiger partial charge in [-0.15, -0.1) is 0 Å². The topological polar surface area (TPSA) is 21.3 Å². The van der Waals surface area contributed by atoms with Crippen LogP contribution in [0.5, 0.6) is 0 Å². The van der Waals surface area contributed by atoms with Crippen molar-refractivity contribution in [2.24, 2.45) is 0 Å². The van der Waals surface area contributed by atoms with Gasteiger partial charge in [-0.2, -0.15) is 0 Å². The first-order valence-electron chi connectivity index (χ1n) is 3.67. The molecule has 2 nitrogen and oxygen atoms in total. The van der Waals surface area contributed by atoms with Gasteiger partial charge in [-0.05, 0) is 12.8 Å². The van der Waals surface area contributed by atoms with Gasteiger partial charge in [0.25, 0.3) is 0 Å². The van der Waals surface area contributed by atoms with Crippen LogP contribution in [0.1, 0.15) is 33.1 Å². The van der Waals surface area contributed by atoms with Crippen molar-refractivity contribution in [3.8, 4) is 0 Å². The Kier molecular flexibility index (Phi) is 5.99. The fraction of sp³-hybridized carbons (Fsp3) is 1.00.